The monoisotopic (exact) mass is 279 g/mol. The van der Waals surface area contributed by atoms with Gasteiger partial charge in [0.05, 0.1) is 6.10 Å². The zero-order valence-corrected chi connectivity index (χ0v) is 10.8. The fourth-order valence-corrected chi connectivity index (χ4v) is 1.51. The molecule has 106 valence electrons. The molecular weight excluding hydrogens is 265 g/mol. The molecule has 0 fully saturated rings. The van der Waals surface area contributed by atoms with Gasteiger partial charge in [0.2, 0.25) is 0 Å². The van der Waals surface area contributed by atoms with Gasteiger partial charge in [-0.1, -0.05) is 17.3 Å². The Morgan fingerprint density at radius 1 is 1.50 bits per heavy atom. The molecule has 0 saturated heterocycles. The van der Waals surface area contributed by atoms with Crippen molar-refractivity contribution >= 4 is 11.8 Å². The molecule has 1 atom stereocenters. The Hall–Kier alpha value is -2.41. The molecule has 1 heterocycles. The highest BCUT2D eigenvalue weighted by molar-refractivity contribution is 5.88. The molecule has 1 aromatic carbocycles. The number of nitrogens with one attached hydrogen (secondary N) is 2. The third-order valence-electron chi connectivity index (χ3n) is 2.42. The highest BCUT2D eigenvalue weighted by atomic mass is 19.1. The lowest BCUT2D eigenvalue weighted by Gasteiger charge is -2.06. The number of hydrogen-bond acceptors (Lipinski definition) is 4. The van der Waals surface area contributed by atoms with Crippen LogP contribution in [0.3, 0.4) is 0 Å². The van der Waals surface area contributed by atoms with Crippen LogP contribution in [0.25, 0.3) is 11.3 Å². The van der Waals surface area contributed by atoms with Crippen LogP contribution in [0.4, 0.5) is 15.0 Å². The Balaban J connectivity index is 2.00. The molecule has 2 aromatic rings. The van der Waals surface area contributed by atoms with Crippen molar-refractivity contribution in [3.8, 4) is 11.3 Å². The van der Waals surface area contributed by atoms with Crippen molar-refractivity contribution in [3.63, 3.8) is 0 Å². The van der Waals surface area contributed by atoms with Gasteiger partial charge in [0, 0.05) is 18.2 Å². The van der Waals surface area contributed by atoms with Crippen LogP contribution >= 0.6 is 0 Å². The molecule has 0 bridgehead atoms. The van der Waals surface area contributed by atoms with Gasteiger partial charge in [0.15, 0.2) is 11.6 Å². The van der Waals surface area contributed by atoms with E-state index in [2.05, 4.69) is 15.8 Å². The quantitative estimate of drug-likeness (QED) is 0.798. The van der Waals surface area contributed by atoms with Crippen LogP contribution in [0.15, 0.2) is 34.9 Å². The molecule has 0 aliphatic rings. The summed E-state index contributed by atoms with van der Waals surface area (Å²) in [6.45, 7) is 1.68. The van der Waals surface area contributed by atoms with Crippen molar-refractivity contribution in [3.05, 3.63) is 36.1 Å². The molecule has 7 heteroatoms. The van der Waals surface area contributed by atoms with E-state index >= 15 is 0 Å². The molecule has 0 aliphatic heterocycles. The molecule has 3 N–H and O–H groups in total. The van der Waals surface area contributed by atoms with Crippen LogP contribution in [0.2, 0.25) is 0 Å². The number of aromatic nitrogens is 1. The molecule has 6 nitrogen and oxygen atoms in total. The first-order valence-corrected chi connectivity index (χ1v) is 6.00. The van der Waals surface area contributed by atoms with E-state index in [1.807, 2.05) is 0 Å². The van der Waals surface area contributed by atoms with Crippen molar-refractivity contribution in [1.82, 2.24) is 10.5 Å². The summed E-state index contributed by atoms with van der Waals surface area (Å²) in [6, 6.07) is 6.82. The van der Waals surface area contributed by atoms with Gasteiger partial charge < -0.3 is 14.9 Å². The number of aliphatic hydroxyl groups is 1. The van der Waals surface area contributed by atoms with Crippen LogP contribution in [0, 0.1) is 5.82 Å². The molecule has 2 rings (SSSR count). The number of anilines is 1. The molecule has 0 saturated carbocycles. The standard InChI is InChI=1S/C13H14FN3O3/c1-8(18)7-15-13(19)16-12-6-11(20-17-12)9-3-2-4-10(14)5-9/h2-6,8,18H,7H2,1H3,(H2,15,16,17,19)/t8-/m0/s1. The van der Waals surface area contributed by atoms with E-state index in [1.165, 1.54) is 18.2 Å². The molecule has 0 unspecified atom stereocenters. The van der Waals surface area contributed by atoms with Crippen LogP contribution < -0.4 is 10.6 Å². The van der Waals surface area contributed by atoms with Crippen LogP contribution in [0.5, 0.6) is 0 Å². The summed E-state index contributed by atoms with van der Waals surface area (Å²) in [5.74, 6) is 0.158. The largest absolute Gasteiger partial charge is 0.392 e. The van der Waals surface area contributed by atoms with Crippen LogP contribution in [-0.4, -0.2) is 28.9 Å². The minimum Gasteiger partial charge on any atom is -0.392 e. The number of hydrogen-bond donors (Lipinski definition) is 3. The number of rotatable bonds is 4. The van der Waals surface area contributed by atoms with Gasteiger partial charge in [-0.05, 0) is 19.1 Å². The summed E-state index contributed by atoms with van der Waals surface area (Å²) in [5.41, 5.74) is 0.523. The maximum atomic E-state index is 13.1. The number of urea groups is 1. The van der Waals surface area contributed by atoms with E-state index in [1.54, 1.807) is 19.1 Å². The lowest BCUT2D eigenvalue weighted by Crippen LogP contribution is -2.34. The number of benzene rings is 1. The Kier molecular flexibility index (Phi) is 4.31. The number of carbonyl (C=O) groups is 1. The summed E-state index contributed by atoms with van der Waals surface area (Å²) in [4.78, 5) is 11.4. The Labute approximate surface area is 114 Å². The maximum Gasteiger partial charge on any atom is 0.320 e. The van der Waals surface area contributed by atoms with Gasteiger partial charge in [-0.2, -0.15) is 0 Å². The first-order chi connectivity index (χ1) is 9.54. The Morgan fingerprint density at radius 3 is 3.00 bits per heavy atom. The number of amides is 2. The first-order valence-electron chi connectivity index (χ1n) is 6.00. The first kappa shape index (κ1) is 14.0. The lowest BCUT2D eigenvalue weighted by atomic mass is 10.2. The van der Waals surface area contributed by atoms with Gasteiger partial charge in [-0.25, -0.2) is 9.18 Å². The molecule has 1 aromatic heterocycles. The maximum absolute atomic E-state index is 13.1. The number of aliphatic hydroxyl groups excluding tert-OH is 1. The molecule has 0 spiro atoms. The number of carbonyl (C=O) groups excluding carboxylic acids is 1. The van der Waals surface area contributed by atoms with E-state index in [-0.39, 0.29) is 18.2 Å². The summed E-state index contributed by atoms with van der Waals surface area (Å²) >= 11 is 0. The average Bonchev–Trinajstić information content (AvgIpc) is 2.85. The van der Waals surface area contributed by atoms with Crippen molar-refractivity contribution in [2.24, 2.45) is 0 Å². The third-order valence-corrected chi connectivity index (χ3v) is 2.42. The highest BCUT2D eigenvalue weighted by Crippen LogP contribution is 2.22. The fraction of sp³-hybridized carbons (Fsp3) is 0.231. The fourth-order valence-electron chi connectivity index (χ4n) is 1.51. The summed E-state index contributed by atoms with van der Waals surface area (Å²) in [7, 11) is 0. The number of nitrogens with zero attached hydrogens (tertiary/aromatic N) is 1. The lowest BCUT2D eigenvalue weighted by molar-refractivity contribution is 0.190. The van der Waals surface area contributed by atoms with Crippen molar-refractivity contribution in [2.45, 2.75) is 13.0 Å². The van der Waals surface area contributed by atoms with E-state index in [0.717, 1.165) is 0 Å². The second-order valence-electron chi connectivity index (χ2n) is 4.27. The molecule has 2 amide bonds. The average molecular weight is 279 g/mol. The number of halogens is 1. The Bertz CT molecular complexity index is 598. The van der Waals surface area contributed by atoms with Crippen LogP contribution in [-0.2, 0) is 0 Å². The normalized spacial score (nSPS) is 11.9. The summed E-state index contributed by atoms with van der Waals surface area (Å²) in [5, 5.41) is 17.6. The van der Waals surface area contributed by atoms with Crippen molar-refractivity contribution in [2.75, 3.05) is 11.9 Å². The van der Waals surface area contributed by atoms with Gasteiger partial charge in [-0.15, -0.1) is 0 Å². The predicted molar refractivity (Wildman–Crippen MR) is 70.6 cm³/mol. The zero-order valence-electron chi connectivity index (χ0n) is 10.8. The van der Waals surface area contributed by atoms with Gasteiger partial charge in [0.1, 0.15) is 5.82 Å². The highest BCUT2D eigenvalue weighted by Gasteiger charge is 2.10. The second-order valence-corrected chi connectivity index (χ2v) is 4.27. The van der Waals surface area contributed by atoms with E-state index in [4.69, 9.17) is 9.63 Å². The Morgan fingerprint density at radius 2 is 2.30 bits per heavy atom. The van der Waals surface area contributed by atoms with Crippen molar-refractivity contribution < 1.29 is 18.8 Å². The van der Waals surface area contributed by atoms with Crippen molar-refractivity contribution in [1.29, 1.82) is 0 Å². The molecular formula is C13H14FN3O3. The predicted octanol–water partition coefficient (Wildman–Crippen LogP) is 1.98. The van der Waals surface area contributed by atoms with E-state index < -0.39 is 12.1 Å². The summed E-state index contributed by atoms with van der Waals surface area (Å²) < 4.78 is 18.1. The van der Waals surface area contributed by atoms with Gasteiger partial charge >= 0.3 is 6.03 Å². The third kappa shape index (κ3) is 3.79. The second kappa shape index (κ2) is 6.16. The van der Waals surface area contributed by atoms with E-state index in [9.17, 15) is 9.18 Å². The minimum absolute atomic E-state index is 0.125. The van der Waals surface area contributed by atoms with E-state index in [0.29, 0.717) is 11.3 Å². The molecule has 20 heavy (non-hydrogen) atoms. The minimum atomic E-state index is -0.638. The van der Waals surface area contributed by atoms with Gasteiger partial charge in [-0.3, -0.25) is 5.32 Å². The molecule has 0 radical (unpaired) electrons. The zero-order chi connectivity index (χ0) is 14.5. The SMILES string of the molecule is C[C@H](O)CNC(=O)Nc1cc(-c2cccc(F)c2)on1. The van der Waals surface area contributed by atoms with Crippen LogP contribution in [0.1, 0.15) is 6.92 Å². The smallest absolute Gasteiger partial charge is 0.320 e. The molecule has 0 aliphatic carbocycles. The summed E-state index contributed by atoms with van der Waals surface area (Å²) in [6.07, 6.45) is -0.638. The topological polar surface area (TPSA) is 87.4 Å². The van der Waals surface area contributed by atoms with Gasteiger partial charge in [0.25, 0.3) is 0 Å².